The third kappa shape index (κ3) is 5.07. The molecule has 2 fully saturated rings. The minimum absolute atomic E-state index is 0.0822. The van der Waals surface area contributed by atoms with Crippen LogP contribution in [0, 0.1) is 0 Å². The predicted octanol–water partition coefficient (Wildman–Crippen LogP) is 8.44. The van der Waals surface area contributed by atoms with Crippen LogP contribution in [0.5, 0.6) is 5.75 Å². The number of hydrogen-bond acceptors (Lipinski definition) is 5. The topological polar surface area (TPSA) is 78.2 Å². The molecule has 228 valence electrons. The second-order valence-electron chi connectivity index (χ2n) is 12.7. The average molecular weight is 609 g/mol. The minimum atomic E-state index is -0.0822. The first kappa shape index (κ1) is 29.0. The van der Waals surface area contributed by atoms with Crippen molar-refractivity contribution >= 4 is 46.7 Å². The molecular formula is C36H40N4O3S. The molecule has 0 radical (unpaired) electrons. The quantitative estimate of drug-likeness (QED) is 0.160. The molecule has 2 saturated carbocycles. The first-order chi connectivity index (χ1) is 21.5. The number of aldehydes is 1. The molecule has 3 aliphatic rings. The summed E-state index contributed by atoms with van der Waals surface area (Å²) < 4.78 is 13.2. The summed E-state index contributed by atoms with van der Waals surface area (Å²) in [6.45, 7) is 4.71. The lowest BCUT2D eigenvalue weighted by Crippen LogP contribution is -2.21. The van der Waals surface area contributed by atoms with E-state index in [0.29, 0.717) is 34.9 Å². The zero-order valence-corrected chi connectivity index (χ0v) is 26.6. The number of ether oxygens (including phenoxy) is 1. The van der Waals surface area contributed by atoms with Crippen LogP contribution >= 0.6 is 11.9 Å². The van der Waals surface area contributed by atoms with E-state index in [4.69, 9.17) is 9.84 Å². The number of aromatic nitrogens is 3. The van der Waals surface area contributed by atoms with Gasteiger partial charge in [-0.1, -0.05) is 39.2 Å². The zero-order valence-electron chi connectivity index (χ0n) is 25.8. The summed E-state index contributed by atoms with van der Waals surface area (Å²) in [7, 11) is 1.70. The van der Waals surface area contributed by atoms with Crippen molar-refractivity contribution in [3.8, 4) is 17.0 Å². The molecule has 0 spiro atoms. The van der Waals surface area contributed by atoms with Crippen LogP contribution < -0.4 is 9.46 Å². The highest BCUT2D eigenvalue weighted by Crippen LogP contribution is 2.48. The Morgan fingerprint density at radius 1 is 1.05 bits per heavy atom. The number of nitrogens with zero attached hydrogens (tertiary/aromatic N) is 3. The van der Waals surface area contributed by atoms with E-state index in [1.54, 1.807) is 13.3 Å². The van der Waals surface area contributed by atoms with Crippen molar-refractivity contribution in [3.05, 3.63) is 70.5 Å². The van der Waals surface area contributed by atoms with Crippen LogP contribution in [0.15, 0.2) is 42.6 Å². The van der Waals surface area contributed by atoms with Crippen molar-refractivity contribution in [3.63, 3.8) is 0 Å². The van der Waals surface area contributed by atoms with Gasteiger partial charge in [0, 0.05) is 27.3 Å². The lowest BCUT2D eigenvalue weighted by atomic mass is 9.81. The number of nitrogens with one attached hydrogen (secondary N) is 1. The fraction of sp³-hybridized carbons (Fsp3) is 0.417. The summed E-state index contributed by atoms with van der Waals surface area (Å²) >= 11 is 1.44. The van der Waals surface area contributed by atoms with Crippen molar-refractivity contribution in [2.75, 3.05) is 7.11 Å². The maximum absolute atomic E-state index is 13.3. The van der Waals surface area contributed by atoms with E-state index in [1.807, 2.05) is 12.1 Å². The van der Waals surface area contributed by atoms with E-state index in [0.717, 1.165) is 65.6 Å². The molecule has 0 unspecified atom stereocenters. The Hall–Kier alpha value is -3.78. The van der Waals surface area contributed by atoms with Crippen molar-refractivity contribution < 1.29 is 14.3 Å². The fourth-order valence-corrected chi connectivity index (χ4v) is 7.72. The molecule has 7 rings (SSSR count). The largest absolute Gasteiger partial charge is 0.497 e. The van der Waals surface area contributed by atoms with Gasteiger partial charge >= 0.3 is 0 Å². The Morgan fingerprint density at radius 2 is 1.86 bits per heavy atom. The molecule has 4 aromatic rings. The second-order valence-corrected chi connectivity index (χ2v) is 14.1. The Balaban J connectivity index is 1.48. The standard InChI is InChI=1S/C36H40N4O3S/c1-22(2)44-38-36(42)24-12-14-31-32(18-24)39-20-26(34-27(21-41)19-37-40(34)28-10-7-11-28)16-25-17-29(43-3)13-15-30(25)35(39)33(31)23-8-5-4-6-9-23/h12-19,21-23,28H,4-11,20H2,1-3H3,(H,38,42). The molecule has 2 aliphatic carbocycles. The summed E-state index contributed by atoms with van der Waals surface area (Å²) in [4.78, 5) is 25.7. The van der Waals surface area contributed by atoms with Gasteiger partial charge in [-0.3, -0.25) is 19.0 Å². The number of benzene rings is 2. The summed E-state index contributed by atoms with van der Waals surface area (Å²) in [6, 6.07) is 12.9. The summed E-state index contributed by atoms with van der Waals surface area (Å²) in [5.74, 6) is 1.16. The molecule has 1 N–H and O–H groups in total. The molecule has 8 heteroatoms. The molecule has 0 saturated heterocycles. The second kappa shape index (κ2) is 12.0. The number of carbonyl (C=O) groups excluding carboxylic acids is 2. The van der Waals surface area contributed by atoms with Crippen LogP contribution in [0.4, 0.5) is 0 Å². The van der Waals surface area contributed by atoms with E-state index in [2.05, 4.69) is 58.2 Å². The average Bonchev–Trinajstić information content (AvgIpc) is 3.52. The van der Waals surface area contributed by atoms with E-state index >= 15 is 0 Å². The number of methoxy groups -OCH3 is 1. The van der Waals surface area contributed by atoms with E-state index < -0.39 is 0 Å². The lowest BCUT2D eigenvalue weighted by Gasteiger charge is -2.28. The molecule has 0 atom stereocenters. The third-order valence-corrected chi connectivity index (χ3v) is 10.4. The van der Waals surface area contributed by atoms with E-state index in [9.17, 15) is 9.59 Å². The summed E-state index contributed by atoms with van der Waals surface area (Å²) in [6.07, 6.45) is 14.3. The van der Waals surface area contributed by atoms with Gasteiger partial charge < -0.3 is 9.30 Å². The summed E-state index contributed by atoms with van der Waals surface area (Å²) in [5.41, 5.74) is 9.09. The zero-order chi connectivity index (χ0) is 30.4. The highest BCUT2D eigenvalue weighted by atomic mass is 32.2. The van der Waals surface area contributed by atoms with Crippen LogP contribution in [0.25, 0.3) is 33.8 Å². The summed E-state index contributed by atoms with van der Waals surface area (Å²) in [5, 5.41) is 6.23. The molecule has 1 aliphatic heterocycles. The Labute approximate surface area is 263 Å². The SMILES string of the molecule is COc1ccc2c(c1)C=C(c1c(C=O)cnn1C1CCC1)Cn1c-2c(C2CCCCC2)c2ccc(C(=O)NSC(C)C)cc21. The molecular weight excluding hydrogens is 568 g/mol. The van der Waals surface area contributed by atoms with Crippen LogP contribution in [-0.4, -0.2) is 38.9 Å². The minimum Gasteiger partial charge on any atom is -0.497 e. The lowest BCUT2D eigenvalue weighted by molar-refractivity contribution is 0.0984. The first-order valence-electron chi connectivity index (χ1n) is 16.0. The number of rotatable bonds is 8. The normalized spacial score (nSPS) is 17.0. The van der Waals surface area contributed by atoms with Gasteiger partial charge in [0.05, 0.1) is 42.8 Å². The van der Waals surface area contributed by atoms with Crippen LogP contribution in [-0.2, 0) is 6.54 Å². The van der Waals surface area contributed by atoms with Crippen molar-refractivity contribution in [1.82, 2.24) is 19.1 Å². The number of fused-ring (bicyclic) bond motifs is 5. The molecule has 2 aromatic heterocycles. The highest BCUT2D eigenvalue weighted by Gasteiger charge is 2.32. The Kier molecular flexibility index (Phi) is 7.87. The van der Waals surface area contributed by atoms with Gasteiger partial charge in [0.25, 0.3) is 5.91 Å². The molecule has 2 aromatic carbocycles. The molecule has 1 amide bonds. The van der Waals surface area contributed by atoms with Gasteiger partial charge in [-0.05, 0) is 103 Å². The van der Waals surface area contributed by atoms with Crippen LogP contribution in [0.2, 0.25) is 0 Å². The number of hydrogen-bond donors (Lipinski definition) is 1. The van der Waals surface area contributed by atoms with Crippen molar-refractivity contribution in [2.45, 2.75) is 89.0 Å². The smallest absolute Gasteiger partial charge is 0.261 e. The van der Waals surface area contributed by atoms with Crippen molar-refractivity contribution in [2.24, 2.45) is 0 Å². The third-order valence-electron chi connectivity index (χ3n) is 9.61. The van der Waals surface area contributed by atoms with Gasteiger partial charge in [-0.15, -0.1) is 0 Å². The number of allylic oxidation sites excluding steroid dienone is 1. The van der Waals surface area contributed by atoms with Gasteiger partial charge in [0.1, 0.15) is 5.75 Å². The van der Waals surface area contributed by atoms with Crippen LogP contribution in [0.1, 0.15) is 115 Å². The van der Waals surface area contributed by atoms with E-state index in [1.165, 1.54) is 54.3 Å². The van der Waals surface area contributed by atoms with Gasteiger partial charge in [0.15, 0.2) is 6.29 Å². The number of carbonyl (C=O) groups is 2. The predicted molar refractivity (Wildman–Crippen MR) is 178 cm³/mol. The highest BCUT2D eigenvalue weighted by molar-refractivity contribution is 7.98. The first-order valence-corrected chi connectivity index (χ1v) is 16.9. The van der Waals surface area contributed by atoms with E-state index in [-0.39, 0.29) is 5.91 Å². The van der Waals surface area contributed by atoms with Gasteiger partial charge in [0.2, 0.25) is 0 Å². The Bertz CT molecular complexity index is 1770. The fourth-order valence-electron chi connectivity index (χ4n) is 7.26. The number of amides is 1. The molecule has 3 heterocycles. The monoisotopic (exact) mass is 608 g/mol. The molecule has 7 nitrogen and oxygen atoms in total. The van der Waals surface area contributed by atoms with Crippen molar-refractivity contribution in [1.29, 1.82) is 0 Å². The maximum atomic E-state index is 13.3. The maximum Gasteiger partial charge on any atom is 0.261 e. The van der Waals surface area contributed by atoms with Crippen LogP contribution in [0.3, 0.4) is 0 Å². The van der Waals surface area contributed by atoms with Gasteiger partial charge in [-0.2, -0.15) is 5.10 Å². The molecule has 0 bridgehead atoms. The Morgan fingerprint density at radius 3 is 2.57 bits per heavy atom. The molecule has 44 heavy (non-hydrogen) atoms. The van der Waals surface area contributed by atoms with Gasteiger partial charge in [-0.25, -0.2) is 0 Å².